The van der Waals surface area contributed by atoms with Crippen LogP contribution in [0, 0.1) is 5.92 Å². The van der Waals surface area contributed by atoms with Crippen LogP contribution in [0.5, 0.6) is 0 Å². The Morgan fingerprint density at radius 2 is 2.18 bits per heavy atom. The molecule has 1 aromatic rings. The predicted octanol–water partition coefficient (Wildman–Crippen LogP) is 0.488. The maximum Gasteiger partial charge on any atom is 0.236 e. The minimum Gasteiger partial charge on any atom is -0.368 e. The molecule has 0 aliphatic rings. The Kier molecular flexibility index (Phi) is 4.90. The van der Waals surface area contributed by atoms with E-state index in [9.17, 15) is 4.79 Å². The molecule has 5 nitrogen and oxygen atoms in total. The van der Waals surface area contributed by atoms with Crippen molar-refractivity contribution in [3.8, 4) is 0 Å². The number of hydrogen-bond acceptors (Lipinski definition) is 4. The van der Waals surface area contributed by atoms with Crippen LogP contribution >= 0.6 is 0 Å². The quantitative estimate of drug-likeness (QED) is 0.752. The van der Waals surface area contributed by atoms with E-state index in [1.54, 1.807) is 6.20 Å². The number of aromatic nitrogens is 1. The summed E-state index contributed by atoms with van der Waals surface area (Å²) in [6.07, 6.45) is 1.73. The van der Waals surface area contributed by atoms with Crippen molar-refractivity contribution in [3.63, 3.8) is 0 Å². The first-order chi connectivity index (χ1) is 8.02. The third kappa shape index (κ3) is 4.40. The number of nitrogens with zero attached hydrogens (tertiary/aromatic N) is 2. The topological polar surface area (TPSA) is 85.2 Å². The molecule has 94 valence electrons. The van der Waals surface area contributed by atoms with E-state index in [1.807, 2.05) is 17.0 Å². The molecule has 0 aliphatic carbocycles. The zero-order chi connectivity index (χ0) is 12.8. The smallest absolute Gasteiger partial charge is 0.236 e. The zero-order valence-corrected chi connectivity index (χ0v) is 10.4. The minimum atomic E-state index is -0.352. The summed E-state index contributed by atoms with van der Waals surface area (Å²) in [5, 5.41) is 0. The highest BCUT2D eigenvalue weighted by molar-refractivity contribution is 5.79. The van der Waals surface area contributed by atoms with Gasteiger partial charge >= 0.3 is 0 Å². The standard InChI is InChI=1S/C12H20N4O/c1-9(2)7-16(8-11(14)17)12-4-3-10(5-13)6-15-12/h3-4,6,9H,5,7-8,13H2,1-2H3,(H2,14,17). The Morgan fingerprint density at radius 1 is 1.47 bits per heavy atom. The number of primary amides is 1. The largest absolute Gasteiger partial charge is 0.368 e. The van der Waals surface area contributed by atoms with Gasteiger partial charge in [0.25, 0.3) is 0 Å². The van der Waals surface area contributed by atoms with Crippen LogP contribution < -0.4 is 16.4 Å². The van der Waals surface area contributed by atoms with E-state index >= 15 is 0 Å². The third-order valence-corrected chi connectivity index (χ3v) is 2.30. The summed E-state index contributed by atoms with van der Waals surface area (Å²) in [5.74, 6) is 0.843. The molecule has 1 rings (SSSR count). The van der Waals surface area contributed by atoms with Crippen molar-refractivity contribution in [2.75, 3.05) is 18.0 Å². The molecular weight excluding hydrogens is 216 g/mol. The summed E-state index contributed by atoms with van der Waals surface area (Å²) in [4.78, 5) is 17.2. The molecule has 0 fully saturated rings. The number of pyridine rings is 1. The summed E-state index contributed by atoms with van der Waals surface area (Å²) >= 11 is 0. The van der Waals surface area contributed by atoms with E-state index in [2.05, 4.69) is 18.8 Å². The van der Waals surface area contributed by atoms with Crippen LogP contribution in [-0.4, -0.2) is 24.0 Å². The second-order valence-corrected chi connectivity index (χ2v) is 4.47. The van der Waals surface area contributed by atoms with Gasteiger partial charge in [-0.05, 0) is 17.5 Å². The molecule has 4 N–H and O–H groups in total. The lowest BCUT2D eigenvalue weighted by Crippen LogP contribution is -2.36. The Morgan fingerprint density at radius 3 is 2.59 bits per heavy atom. The summed E-state index contributed by atoms with van der Waals surface area (Å²) in [7, 11) is 0. The molecule has 0 aromatic carbocycles. The van der Waals surface area contributed by atoms with Crippen molar-refractivity contribution in [1.82, 2.24) is 4.98 Å². The first-order valence-corrected chi connectivity index (χ1v) is 5.71. The SMILES string of the molecule is CC(C)CN(CC(N)=O)c1ccc(CN)cn1. The third-order valence-electron chi connectivity index (χ3n) is 2.30. The van der Waals surface area contributed by atoms with E-state index in [1.165, 1.54) is 0 Å². The van der Waals surface area contributed by atoms with Gasteiger partial charge in [-0.25, -0.2) is 4.98 Å². The molecule has 0 radical (unpaired) electrons. The van der Waals surface area contributed by atoms with E-state index in [-0.39, 0.29) is 12.5 Å². The number of carbonyl (C=O) groups is 1. The lowest BCUT2D eigenvalue weighted by molar-refractivity contribution is -0.116. The number of rotatable bonds is 6. The highest BCUT2D eigenvalue weighted by atomic mass is 16.1. The monoisotopic (exact) mass is 236 g/mol. The van der Waals surface area contributed by atoms with Gasteiger partial charge in [0.05, 0.1) is 6.54 Å². The van der Waals surface area contributed by atoms with Gasteiger partial charge in [-0.3, -0.25) is 4.79 Å². The highest BCUT2D eigenvalue weighted by Gasteiger charge is 2.12. The van der Waals surface area contributed by atoms with E-state index in [0.717, 1.165) is 17.9 Å². The number of anilines is 1. The van der Waals surface area contributed by atoms with Gasteiger partial charge in [-0.2, -0.15) is 0 Å². The summed E-state index contributed by atoms with van der Waals surface area (Å²) in [6, 6.07) is 3.78. The van der Waals surface area contributed by atoms with Crippen LogP contribution in [0.1, 0.15) is 19.4 Å². The molecule has 0 saturated heterocycles. The van der Waals surface area contributed by atoms with Crippen molar-refractivity contribution in [1.29, 1.82) is 0 Å². The van der Waals surface area contributed by atoms with Crippen molar-refractivity contribution >= 4 is 11.7 Å². The molecule has 17 heavy (non-hydrogen) atoms. The summed E-state index contributed by atoms with van der Waals surface area (Å²) in [6.45, 7) is 5.57. The molecular formula is C12H20N4O. The number of nitrogens with two attached hydrogens (primary N) is 2. The van der Waals surface area contributed by atoms with E-state index in [0.29, 0.717) is 12.5 Å². The van der Waals surface area contributed by atoms with Gasteiger partial charge in [0.2, 0.25) is 5.91 Å². The molecule has 0 aliphatic heterocycles. The van der Waals surface area contributed by atoms with Crippen molar-refractivity contribution in [2.45, 2.75) is 20.4 Å². The Hall–Kier alpha value is -1.62. The molecule has 5 heteroatoms. The normalized spacial score (nSPS) is 10.6. The van der Waals surface area contributed by atoms with Gasteiger partial charge in [-0.1, -0.05) is 19.9 Å². The van der Waals surface area contributed by atoms with Crippen LogP contribution in [0.15, 0.2) is 18.3 Å². The lowest BCUT2D eigenvalue weighted by Gasteiger charge is -2.24. The lowest BCUT2D eigenvalue weighted by atomic mass is 10.2. The molecule has 0 atom stereocenters. The van der Waals surface area contributed by atoms with Crippen LogP contribution in [0.25, 0.3) is 0 Å². The fourth-order valence-corrected chi connectivity index (χ4v) is 1.59. The Balaban J connectivity index is 2.83. The number of amides is 1. The highest BCUT2D eigenvalue weighted by Crippen LogP contribution is 2.12. The first kappa shape index (κ1) is 13.4. The van der Waals surface area contributed by atoms with E-state index < -0.39 is 0 Å². The van der Waals surface area contributed by atoms with Gasteiger partial charge < -0.3 is 16.4 Å². The van der Waals surface area contributed by atoms with Gasteiger partial charge in [0.1, 0.15) is 5.82 Å². The molecule has 0 saturated carbocycles. The predicted molar refractivity (Wildman–Crippen MR) is 68.4 cm³/mol. The molecule has 0 spiro atoms. The molecule has 1 amide bonds. The van der Waals surface area contributed by atoms with Gasteiger partial charge in [0.15, 0.2) is 0 Å². The Labute approximate surface area is 102 Å². The summed E-state index contributed by atoms with van der Waals surface area (Å²) < 4.78 is 0. The second-order valence-electron chi connectivity index (χ2n) is 4.47. The first-order valence-electron chi connectivity index (χ1n) is 5.71. The maximum absolute atomic E-state index is 11.0. The van der Waals surface area contributed by atoms with Crippen molar-refractivity contribution in [2.24, 2.45) is 17.4 Å². The van der Waals surface area contributed by atoms with Crippen LogP contribution in [0.3, 0.4) is 0 Å². The number of hydrogen-bond donors (Lipinski definition) is 2. The Bertz CT molecular complexity index is 361. The van der Waals surface area contributed by atoms with Crippen molar-refractivity contribution in [3.05, 3.63) is 23.9 Å². The molecule has 0 unspecified atom stereocenters. The average Bonchev–Trinajstić information content (AvgIpc) is 2.27. The molecule has 1 aromatic heterocycles. The van der Waals surface area contributed by atoms with E-state index in [4.69, 9.17) is 11.5 Å². The molecule has 1 heterocycles. The minimum absolute atomic E-state index is 0.188. The zero-order valence-electron chi connectivity index (χ0n) is 10.4. The second kappa shape index (κ2) is 6.20. The van der Waals surface area contributed by atoms with Crippen molar-refractivity contribution < 1.29 is 4.79 Å². The van der Waals surface area contributed by atoms with Crippen LogP contribution in [0.2, 0.25) is 0 Å². The molecule has 0 bridgehead atoms. The summed E-state index contributed by atoms with van der Waals surface area (Å²) in [5.41, 5.74) is 11.7. The van der Waals surface area contributed by atoms with Crippen LogP contribution in [-0.2, 0) is 11.3 Å². The average molecular weight is 236 g/mol. The van der Waals surface area contributed by atoms with Gasteiger partial charge in [0, 0.05) is 19.3 Å². The fourth-order valence-electron chi connectivity index (χ4n) is 1.59. The van der Waals surface area contributed by atoms with Crippen LogP contribution in [0.4, 0.5) is 5.82 Å². The maximum atomic E-state index is 11.0. The number of carbonyl (C=O) groups excluding carboxylic acids is 1. The fraction of sp³-hybridized carbons (Fsp3) is 0.500. The van der Waals surface area contributed by atoms with Gasteiger partial charge in [-0.15, -0.1) is 0 Å².